The number of hydrogen-bond donors (Lipinski definition) is 1. The first-order valence-electron chi connectivity index (χ1n) is 10.5. The Morgan fingerprint density at radius 1 is 0.938 bits per heavy atom. The Bertz CT molecular complexity index is 1140. The molecule has 0 saturated carbocycles. The van der Waals surface area contributed by atoms with Crippen molar-refractivity contribution in [2.45, 2.75) is 20.3 Å². The van der Waals surface area contributed by atoms with E-state index >= 15 is 0 Å². The monoisotopic (exact) mass is 430 g/mol. The van der Waals surface area contributed by atoms with Gasteiger partial charge in [-0.05, 0) is 73.5 Å². The SMILES string of the molecule is COc1cccc(N2C[C@@H](C(=O)Nc3ccc(Oc4ccc(C)c(C)c4)cc3)CC2=O)c1. The first kappa shape index (κ1) is 21.4. The fraction of sp³-hybridized carbons (Fsp3) is 0.231. The number of nitrogens with one attached hydrogen (secondary N) is 1. The number of aryl methyl sites for hydroxylation is 2. The normalized spacial score (nSPS) is 15.5. The molecular formula is C26H26N2O4. The van der Waals surface area contributed by atoms with E-state index in [1.807, 2.05) is 55.5 Å². The molecule has 4 rings (SSSR count). The number of carbonyl (C=O) groups excluding carboxylic acids is 2. The zero-order chi connectivity index (χ0) is 22.7. The predicted molar refractivity (Wildman–Crippen MR) is 125 cm³/mol. The maximum absolute atomic E-state index is 12.8. The van der Waals surface area contributed by atoms with Crippen LogP contribution in [-0.2, 0) is 9.59 Å². The molecule has 0 aromatic heterocycles. The molecule has 6 nitrogen and oxygen atoms in total. The summed E-state index contributed by atoms with van der Waals surface area (Å²) < 4.78 is 11.1. The second-order valence-corrected chi connectivity index (χ2v) is 7.97. The summed E-state index contributed by atoms with van der Waals surface area (Å²) in [5, 5.41) is 2.91. The minimum atomic E-state index is -0.417. The fourth-order valence-corrected chi connectivity index (χ4v) is 3.68. The molecule has 164 valence electrons. The average Bonchev–Trinajstić information content (AvgIpc) is 3.19. The fourth-order valence-electron chi connectivity index (χ4n) is 3.68. The minimum absolute atomic E-state index is 0.0736. The van der Waals surface area contributed by atoms with E-state index in [1.54, 1.807) is 30.2 Å². The Balaban J connectivity index is 1.37. The van der Waals surface area contributed by atoms with Gasteiger partial charge in [-0.15, -0.1) is 0 Å². The summed E-state index contributed by atoms with van der Waals surface area (Å²) in [6.45, 7) is 4.44. The topological polar surface area (TPSA) is 67.9 Å². The molecule has 0 radical (unpaired) electrons. The van der Waals surface area contributed by atoms with Crippen molar-refractivity contribution in [3.8, 4) is 17.2 Å². The maximum atomic E-state index is 12.8. The van der Waals surface area contributed by atoms with Crippen LogP contribution in [0, 0.1) is 19.8 Å². The molecule has 1 atom stereocenters. The van der Waals surface area contributed by atoms with Crippen molar-refractivity contribution < 1.29 is 19.1 Å². The van der Waals surface area contributed by atoms with Gasteiger partial charge in [0.05, 0.1) is 13.0 Å². The summed E-state index contributed by atoms with van der Waals surface area (Å²) >= 11 is 0. The van der Waals surface area contributed by atoms with Crippen LogP contribution in [0.15, 0.2) is 66.7 Å². The van der Waals surface area contributed by atoms with Gasteiger partial charge in [0.2, 0.25) is 11.8 Å². The molecule has 0 aliphatic carbocycles. The van der Waals surface area contributed by atoms with Gasteiger partial charge in [0.1, 0.15) is 17.2 Å². The van der Waals surface area contributed by atoms with Crippen LogP contribution in [0.3, 0.4) is 0 Å². The maximum Gasteiger partial charge on any atom is 0.229 e. The Morgan fingerprint density at radius 2 is 1.69 bits per heavy atom. The predicted octanol–water partition coefficient (Wildman–Crippen LogP) is 5.10. The highest BCUT2D eigenvalue weighted by molar-refractivity contribution is 6.03. The van der Waals surface area contributed by atoms with E-state index in [9.17, 15) is 9.59 Å². The van der Waals surface area contributed by atoms with Gasteiger partial charge in [-0.1, -0.05) is 12.1 Å². The number of ether oxygens (including phenoxy) is 2. The molecule has 0 unspecified atom stereocenters. The average molecular weight is 431 g/mol. The molecule has 0 bridgehead atoms. The molecule has 1 heterocycles. The molecule has 3 aromatic rings. The van der Waals surface area contributed by atoms with Crippen LogP contribution in [0.4, 0.5) is 11.4 Å². The third-order valence-corrected chi connectivity index (χ3v) is 5.70. The molecule has 1 aliphatic heterocycles. The smallest absolute Gasteiger partial charge is 0.229 e. The standard InChI is InChI=1S/C26H26N2O4/c1-17-7-10-24(13-18(17)2)32-22-11-8-20(9-12-22)27-26(30)19-14-25(29)28(16-19)21-5-4-6-23(15-21)31-3/h4-13,15,19H,14,16H2,1-3H3,(H,27,30)/t19-/m0/s1. The number of methoxy groups -OCH3 is 1. The van der Waals surface area contributed by atoms with E-state index in [0.717, 1.165) is 11.4 Å². The van der Waals surface area contributed by atoms with Gasteiger partial charge in [-0.3, -0.25) is 9.59 Å². The highest BCUT2D eigenvalue weighted by Gasteiger charge is 2.35. The third kappa shape index (κ3) is 4.75. The summed E-state index contributed by atoms with van der Waals surface area (Å²) in [5.74, 6) is 1.46. The van der Waals surface area contributed by atoms with Crippen LogP contribution in [0.2, 0.25) is 0 Å². The van der Waals surface area contributed by atoms with Gasteiger partial charge < -0.3 is 19.7 Å². The van der Waals surface area contributed by atoms with E-state index < -0.39 is 5.92 Å². The van der Waals surface area contributed by atoms with Crippen molar-refractivity contribution in [3.05, 3.63) is 77.9 Å². The van der Waals surface area contributed by atoms with Crippen LogP contribution in [-0.4, -0.2) is 25.5 Å². The summed E-state index contributed by atoms with van der Waals surface area (Å²) in [6, 6.07) is 20.5. The molecule has 1 saturated heterocycles. The largest absolute Gasteiger partial charge is 0.497 e. The van der Waals surface area contributed by atoms with Crippen molar-refractivity contribution in [1.29, 1.82) is 0 Å². The number of amides is 2. The quantitative estimate of drug-likeness (QED) is 0.591. The van der Waals surface area contributed by atoms with E-state index in [0.29, 0.717) is 23.7 Å². The summed E-state index contributed by atoms with van der Waals surface area (Å²) in [4.78, 5) is 26.9. The number of carbonyl (C=O) groups is 2. The van der Waals surface area contributed by atoms with Gasteiger partial charge >= 0.3 is 0 Å². The number of anilines is 2. The Morgan fingerprint density at radius 3 is 2.41 bits per heavy atom. The Labute approximate surface area is 187 Å². The van der Waals surface area contributed by atoms with Crippen molar-refractivity contribution in [2.75, 3.05) is 23.9 Å². The first-order chi connectivity index (χ1) is 15.4. The zero-order valence-corrected chi connectivity index (χ0v) is 18.4. The lowest BCUT2D eigenvalue weighted by atomic mass is 10.1. The second-order valence-electron chi connectivity index (χ2n) is 7.97. The van der Waals surface area contributed by atoms with E-state index in [1.165, 1.54) is 11.1 Å². The molecule has 3 aromatic carbocycles. The van der Waals surface area contributed by atoms with Gasteiger partial charge in [0.15, 0.2) is 0 Å². The van der Waals surface area contributed by atoms with Gasteiger partial charge in [-0.2, -0.15) is 0 Å². The molecule has 1 aliphatic rings. The van der Waals surface area contributed by atoms with Crippen LogP contribution in [0.5, 0.6) is 17.2 Å². The lowest BCUT2D eigenvalue weighted by Gasteiger charge is -2.17. The molecule has 1 fully saturated rings. The van der Waals surface area contributed by atoms with Gasteiger partial charge in [-0.25, -0.2) is 0 Å². The zero-order valence-electron chi connectivity index (χ0n) is 18.4. The van der Waals surface area contributed by atoms with Gasteiger partial charge in [0, 0.05) is 30.4 Å². The minimum Gasteiger partial charge on any atom is -0.497 e. The molecular weight excluding hydrogens is 404 g/mol. The van der Waals surface area contributed by atoms with E-state index in [2.05, 4.69) is 12.2 Å². The molecule has 6 heteroatoms. The van der Waals surface area contributed by atoms with E-state index in [4.69, 9.17) is 9.47 Å². The van der Waals surface area contributed by atoms with Crippen LogP contribution < -0.4 is 19.7 Å². The second kappa shape index (κ2) is 9.14. The Kier molecular flexibility index (Phi) is 6.12. The van der Waals surface area contributed by atoms with Crippen LogP contribution in [0.1, 0.15) is 17.5 Å². The number of benzene rings is 3. The van der Waals surface area contributed by atoms with Crippen LogP contribution in [0.25, 0.3) is 0 Å². The van der Waals surface area contributed by atoms with Crippen molar-refractivity contribution in [1.82, 2.24) is 0 Å². The molecule has 2 amide bonds. The van der Waals surface area contributed by atoms with Crippen molar-refractivity contribution >= 4 is 23.2 Å². The van der Waals surface area contributed by atoms with Crippen molar-refractivity contribution in [2.24, 2.45) is 5.92 Å². The number of rotatable bonds is 6. The summed E-state index contributed by atoms with van der Waals surface area (Å²) in [5.41, 5.74) is 3.78. The summed E-state index contributed by atoms with van der Waals surface area (Å²) in [7, 11) is 1.58. The van der Waals surface area contributed by atoms with E-state index in [-0.39, 0.29) is 18.2 Å². The first-order valence-corrected chi connectivity index (χ1v) is 10.5. The molecule has 0 spiro atoms. The molecule has 32 heavy (non-hydrogen) atoms. The highest BCUT2D eigenvalue weighted by atomic mass is 16.5. The highest BCUT2D eigenvalue weighted by Crippen LogP contribution is 2.29. The lowest BCUT2D eigenvalue weighted by Crippen LogP contribution is -2.28. The summed E-state index contributed by atoms with van der Waals surface area (Å²) in [6.07, 6.45) is 0.178. The van der Waals surface area contributed by atoms with Crippen LogP contribution >= 0.6 is 0 Å². The Hall–Kier alpha value is -3.80. The molecule has 1 N–H and O–H groups in total. The number of nitrogens with zero attached hydrogens (tertiary/aromatic N) is 1. The third-order valence-electron chi connectivity index (χ3n) is 5.70. The lowest BCUT2D eigenvalue weighted by molar-refractivity contribution is -0.122. The van der Waals surface area contributed by atoms with Gasteiger partial charge in [0.25, 0.3) is 0 Å². The van der Waals surface area contributed by atoms with Crippen molar-refractivity contribution in [3.63, 3.8) is 0 Å². The number of hydrogen-bond acceptors (Lipinski definition) is 4.